The summed E-state index contributed by atoms with van der Waals surface area (Å²) in [4.78, 5) is 20.8. The first-order valence-corrected chi connectivity index (χ1v) is 9.75. The van der Waals surface area contributed by atoms with E-state index in [1.54, 1.807) is 0 Å². The number of benzene rings is 1. The van der Waals surface area contributed by atoms with E-state index in [0.29, 0.717) is 5.96 Å². The van der Waals surface area contributed by atoms with Gasteiger partial charge in [0.15, 0.2) is 5.96 Å². The predicted octanol–water partition coefficient (Wildman–Crippen LogP) is 2.62. The van der Waals surface area contributed by atoms with Crippen LogP contribution < -0.4 is 15.5 Å². The summed E-state index contributed by atoms with van der Waals surface area (Å²) in [6.45, 7) is 11.6. The van der Waals surface area contributed by atoms with Gasteiger partial charge in [-0.05, 0) is 51.3 Å². The molecule has 1 fully saturated rings. The van der Waals surface area contributed by atoms with E-state index in [4.69, 9.17) is 0 Å². The molecule has 0 unspecified atom stereocenters. The maximum atomic E-state index is 12.2. The van der Waals surface area contributed by atoms with Gasteiger partial charge in [-0.1, -0.05) is 12.1 Å². The predicted molar refractivity (Wildman–Crippen MR) is 124 cm³/mol. The first-order chi connectivity index (χ1) is 12.6. The van der Waals surface area contributed by atoms with Gasteiger partial charge >= 0.3 is 0 Å². The number of guanidine groups is 1. The Kier molecular flexibility index (Phi) is 11.2. The zero-order valence-electron chi connectivity index (χ0n) is 16.8. The number of likely N-dealkylation sites (tertiary alicyclic amines) is 1. The fourth-order valence-corrected chi connectivity index (χ4v) is 3.16. The van der Waals surface area contributed by atoms with Crippen molar-refractivity contribution >= 4 is 41.5 Å². The lowest BCUT2D eigenvalue weighted by Gasteiger charge is -2.24. The number of halogens is 1. The molecule has 1 aliphatic heterocycles. The highest BCUT2D eigenvalue weighted by atomic mass is 127. The van der Waals surface area contributed by atoms with E-state index in [1.165, 1.54) is 11.3 Å². The van der Waals surface area contributed by atoms with Crippen molar-refractivity contribution in [1.82, 2.24) is 15.5 Å². The molecule has 0 bridgehead atoms. The zero-order valence-corrected chi connectivity index (χ0v) is 19.2. The minimum absolute atomic E-state index is 0. The normalized spacial score (nSPS) is 13.9. The Morgan fingerprint density at radius 3 is 2.59 bits per heavy atom. The van der Waals surface area contributed by atoms with Gasteiger partial charge in [0.25, 0.3) is 0 Å². The molecule has 0 aromatic heterocycles. The number of hydrogen-bond donors (Lipinski definition) is 2. The van der Waals surface area contributed by atoms with E-state index in [2.05, 4.69) is 58.6 Å². The van der Waals surface area contributed by atoms with Crippen LogP contribution in [0.4, 0.5) is 5.69 Å². The van der Waals surface area contributed by atoms with Gasteiger partial charge in [0.2, 0.25) is 5.91 Å². The molecule has 0 saturated carbocycles. The van der Waals surface area contributed by atoms with Gasteiger partial charge in [0.1, 0.15) is 6.54 Å². The quantitative estimate of drug-likeness (QED) is 0.336. The number of nitrogens with zero attached hydrogens (tertiary/aromatic N) is 3. The van der Waals surface area contributed by atoms with Crippen LogP contribution in [0.2, 0.25) is 0 Å². The first kappa shape index (κ1) is 23.5. The van der Waals surface area contributed by atoms with Crippen LogP contribution in [0.5, 0.6) is 0 Å². The monoisotopic (exact) mass is 487 g/mol. The molecule has 1 aromatic carbocycles. The number of aliphatic imine (C=N–C) groups is 1. The van der Waals surface area contributed by atoms with Crippen molar-refractivity contribution in [2.75, 3.05) is 50.7 Å². The molecule has 7 heteroatoms. The van der Waals surface area contributed by atoms with E-state index in [-0.39, 0.29) is 36.4 Å². The van der Waals surface area contributed by atoms with Gasteiger partial charge in [-0.3, -0.25) is 4.79 Å². The van der Waals surface area contributed by atoms with Crippen LogP contribution in [-0.2, 0) is 4.79 Å². The van der Waals surface area contributed by atoms with Crippen molar-refractivity contribution < 1.29 is 4.79 Å². The van der Waals surface area contributed by atoms with E-state index in [1.807, 2.05) is 11.8 Å². The highest BCUT2D eigenvalue weighted by Crippen LogP contribution is 2.14. The van der Waals surface area contributed by atoms with Crippen molar-refractivity contribution in [1.29, 1.82) is 0 Å². The lowest BCUT2D eigenvalue weighted by atomic mass is 10.2. The average Bonchev–Trinajstić information content (AvgIpc) is 3.17. The third-order valence-electron chi connectivity index (χ3n) is 4.60. The van der Waals surface area contributed by atoms with Gasteiger partial charge in [-0.25, -0.2) is 4.99 Å². The molecule has 2 N–H and O–H groups in total. The minimum atomic E-state index is 0. The van der Waals surface area contributed by atoms with Gasteiger partial charge in [-0.15, -0.1) is 24.0 Å². The van der Waals surface area contributed by atoms with Gasteiger partial charge < -0.3 is 20.4 Å². The van der Waals surface area contributed by atoms with Crippen LogP contribution >= 0.6 is 24.0 Å². The van der Waals surface area contributed by atoms with Crippen LogP contribution in [-0.4, -0.2) is 62.6 Å². The second kappa shape index (κ2) is 12.8. The van der Waals surface area contributed by atoms with Crippen molar-refractivity contribution in [3.05, 3.63) is 29.8 Å². The van der Waals surface area contributed by atoms with Gasteiger partial charge in [0.05, 0.1) is 0 Å². The lowest BCUT2D eigenvalue weighted by molar-refractivity contribution is -0.128. The highest BCUT2D eigenvalue weighted by Gasteiger charge is 2.17. The van der Waals surface area contributed by atoms with Crippen molar-refractivity contribution in [2.45, 2.75) is 33.6 Å². The van der Waals surface area contributed by atoms with Crippen LogP contribution in [0, 0.1) is 6.92 Å². The van der Waals surface area contributed by atoms with E-state index in [9.17, 15) is 4.79 Å². The molecule has 2 rings (SSSR count). The fraction of sp³-hybridized carbons (Fsp3) is 0.600. The summed E-state index contributed by atoms with van der Waals surface area (Å²) in [7, 11) is 0. The first-order valence-electron chi connectivity index (χ1n) is 9.75. The van der Waals surface area contributed by atoms with Crippen LogP contribution in [0.3, 0.4) is 0 Å². The number of nitrogens with one attached hydrogen (secondary N) is 2. The molecule has 0 aliphatic carbocycles. The smallest absolute Gasteiger partial charge is 0.244 e. The minimum Gasteiger partial charge on any atom is -0.370 e. The Labute approximate surface area is 180 Å². The molecule has 0 atom stereocenters. The number of amides is 1. The van der Waals surface area contributed by atoms with Gasteiger partial charge in [-0.2, -0.15) is 0 Å². The molecule has 1 saturated heterocycles. The molecule has 1 aromatic rings. The molecule has 0 radical (unpaired) electrons. The van der Waals surface area contributed by atoms with Crippen LogP contribution in [0.1, 0.15) is 32.3 Å². The summed E-state index contributed by atoms with van der Waals surface area (Å²) in [5, 5.41) is 6.56. The SMILES string of the molecule is CCNC(=NCC(=O)N1CCCC1)NCCN(CC)c1cccc(C)c1.I. The Morgan fingerprint density at radius 1 is 1.22 bits per heavy atom. The third-order valence-corrected chi connectivity index (χ3v) is 4.60. The molecule has 1 heterocycles. The number of carbonyl (C=O) groups excluding carboxylic acids is 1. The Morgan fingerprint density at radius 2 is 1.96 bits per heavy atom. The molecule has 1 amide bonds. The number of rotatable bonds is 8. The Balaban J connectivity index is 0.00000364. The number of aryl methyl sites for hydroxylation is 1. The Hall–Kier alpha value is -1.51. The van der Waals surface area contributed by atoms with Crippen molar-refractivity contribution in [2.24, 2.45) is 4.99 Å². The Bertz CT molecular complexity index is 602. The molecular weight excluding hydrogens is 453 g/mol. The van der Waals surface area contributed by atoms with Crippen molar-refractivity contribution in [3.63, 3.8) is 0 Å². The summed E-state index contributed by atoms with van der Waals surface area (Å²) >= 11 is 0. The van der Waals surface area contributed by atoms with Crippen molar-refractivity contribution in [3.8, 4) is 0 Å². The maximum absolute atomic E-state index is 12.2. The third kappa shape index (κ3) is 7.94. The number of hydrogen-bond acceptors (Lipinski definition) is 3. The number of carbonyl (C=O) groups is 1. The fourth-order valence-electron chi connectivity index (χ4n) is 3.16. The second-order valence-electron chi connectivity index (χ2n) is 6.63. The summed E-state index contributed by atoms with van der Waals surface area (Å²) < 4.78 is 0. The van der Waals surface area contributed by atoms with Gasteiger partial charge in [0, 0.05) is 45.0 Å². The molecule has 27 heavy (non-hydrogen) atoms. The van der Waals surface area contributed by atoms with Crippen LogP contribution in [0.25, 0.3) is 0 Å². The molecule has 1 aliphatic rings. The summed E-state index contributed by atoms with van der Waals surface area (Å²) in [5.41, 5.74) is 2.50. The molecule has 0 spiro atoms. The maximum Gasteiger partial charge on any atom is 0.244 e. The highest BCUT2D eigenvalue weighted by molar-refractivity contribution is 14.0. The van der Waals surface area contributed by atoms with Crippen LogP contribution in [0.15, 0.2) is 29.3 Å². The van der Waals surface area contributed by atoms with E-state index >= 15 is 0 Å². The summed E-state index contributed by atoms with van der Waals surface area (Å²) in [6, 6.07) is 8.56. The zero-order chi connectivity index (χ0) is 18.8. The summed E-state index contributed by atoms with van der Waals surface area (Å²) in [5.74, 6) is 0.829. The standard InChI is InChI=1S/C20H33N5O.HI/c1-4-21-20(23-16-19(26)25-12-6-7-13-25)22-11-14-24(5-2)18-10-8-9-17(3)15-18;/h8-10,15H,4-7,11-14,16H2,1-3H3,(H2,21,22,23);1H. The van der Waals surface area contributed by atoms with E-state index in [0.717, 1.165) is 52.1 Å². The average molecular weight is 487 g/mol. The van der Waals surface area contributed by atoms with E-state index < -0.39 is 0 Å². The number of likely N-dealkylation sites (N-methyl/N-ethyl adjacent to an activating group) is 1. The topological polar surface area (TPSA) is 60.0 Å². The molecule has 6 nitrogen and oxygen atoms in total. The lowest BCUT2D eigenvalue weighted by Crippen LogP contribution is -2.42. The second-order valence-corrected chi connectivity index (χ2v) is 6.63. The number of anilines is 1. The largest absolute Gasteiger partial charge is 0.370 e. The summed E-state index contributed by atoms with van der Waals surface area (Å²) in [6.07, 6.45) is 2.22. The molecule has 152 valence electrons. The molecular formula is C20H34IN5O.